The second-order valence-corrected chi connectivity index (χ2v) is 11.3. The van der Waals surface area contributed by atoms with Gasteiger partial charge < -0.3 is 9.13 Å². The summed E-state index contributed by atoms with van der Waals surface area (Å²) in [6.07, 6.45) is 6.18. The molecule has 0 spiro atoms. The first-order chi connectivity index (χ1) is 21.3. The summed E-state index contributed by atoms with van der Waals surface area (Å²) in [5.74, 6) is 0. The summed E-state index contributed by atoms with van der Waals surface area (Å²) in [7, 11) is 0. The molecule has 4 aromatic carbocycles. The molecule has 1 atom stereocenters. The smallest absolute Gasteiger partial charge is 0.102 e. The minimum atomic E-state index is 0.132. The SMILES string of the molecule is CCCC(Cn1cc(Cn2c3ccccc3c3ccccc32)nn1)n1cc(Cn2c3ccccc3c3ccccc32)nn1. The predicted molar refractivity (Wildman–Crippen MR) is 171 cm³/mol. The standard InChI is InChI=1S/C35H32N8/c1-2-11-27(43-23-26(37-39-43)22-42-34-18-9-5-14-30(34)31-15-6-10-19-35(31)42)24-40-20-25(36-38-40)21-41-32-16-7-3-12-28(32)29-13-4-8-17-33(29)41/h3-10,12-20,23,27H,2,11,21-22,24H2,1H3. The van der Waals surface area contributed by atoms with Crippen molar-refractivity contribution in [2.24, 2.45) is 0 Å². The molecule has 8 heteroatoms. The summed E-state index contributed by atoms with van der Waals surface area (Å²) in [5.41, 5.74) is 6.72. The van der Waals surface area contributed by atoms with Crippen LogP contribution in [0.5, 0.6) is 0 Å². The van der Waals surface area contributed by atoms with Crippen molar-refractivity contribution in [3.63, 3.8) is 0 Å². The van der Waals surface area contributed by atoms with Crippen LogP contribution < -0.4 is 0 Å². The van der Waals surface area contributed by atoms with E-state index in [1.54, 1.807) is 0 Å². The Morgan fingerprint density at radius 3 is 1.49 bits per heavy atom. The zero-order chi connectivity index (χ0) is 28.8. The quantitative estimate of drug-likeness (QED) is 0.186. The lowest BCUT2D eigenvalue weighted by molar-refractivity contribution is 0.344. The Morgan fingerprint density at radius 1 is 0.558 bits per heavy atom. The fourth-order valence-electron chi connectivity index (χ4n) is 6.59. The van der Waals surface area contributed by atoms with Crippen LogP contribution in [0, 0.1) is 0 Å². The summed E-state index contributed by atoms with van der Waals surface area (Å²) >= 11 is 0. The predicted octanol–water partition coefficient (Wildman–Crippen LogP) is 7.22. The number of para-hydroxylation sites is 4. The maximum Gasteiger partial charge on any atom is 0.102 e. The molecule has 4 heterocycles. The van der Waals surface area contributed by atoms with Crippen LogP contribution in [0.25, 0.3) is 43.6 Å². The molecule has 8 nitrogen and oxygen atoms in total. The largest absolute Gasteiger partial charge is 0.334 e. The van der Waals surface area contributed by atoms with Gasteiger partial charge in [-0.05, 0) is 30.7 Å². The first kappa shape index (κ1) is 25.5. The zero-order valence-electron chi connectivity index (χ0n) is 24.1. The second-order valence-electron chi connectivity index (χ2n) is 11.3. The Hall–Kier alpha value is -5.24. The molecule has 0 N–H and O–H groups in total. The van der Waals surface area contributed by atoms with Gasteiger partial charge in [-0.3, -0.25) is 4.68 Å². The van der Waals surface area contributed by atoms with Crippen LogP contribution >= 0.6 is 0 Å². The lowest BCUT2D eigenvalue weighted by Crippen LogP contribution is -2.17. The Kier molecular flexibility index (Phi) is 6.25. The van der Waals surface area contributed by atoms with E-state index in [2.05, 4.69) is 146 Å². The molecular weight excluding hydrogens is 532 g/mol. The first-order valence-electron chi connectivity index (χ1n) is 15.0. The van der Waals surface area contributed by atoms with E-state index in [4.69, 9.17) is 0 Å². The third-order valence-corrected chi connectivity index (χ3v) is 8.54. The van der Waals surface area contributed by atoms with Gasteiger partial charge in [0.05, 0.1) is 38.1 Å². The summed E-state index contributed by atoms with van der Waals surface area (Å²) < 4.78 is 8.64. The molecule has 212 valence electrons. The molecule has 8 rings (SSSR count). The van der Waals surface area contributed by atoms with Crippen molar-refractivity contribution in [2.75, 3.05) is 0 Å². The number of rotatable bonds is 9. The van der Waals surface area contributed by atoms with Gasteiger partial charge in [0.2, 0.25) is 0 Å². The molecule has 0 fully saturated rings. The van der Waals surface area contributed by atoms with Gasteiger partial charge in [0.25, 0.3) is 0 Å². The molecule has 4 aromatic heterocycles. The third-order valence-electron chi connectivity index (χ3n) is 8.54. The highest BCUT2D eigenvalue weighted by molar-refractivity contribution is 6.08. The van der Waals surface area contributed by atoms with Crippen molar-refractivity contribution in [2.45, 2.75) is 45.4 Å². The summed E-state index contributed by atoms with van der Waals surface area (Å²) in [5, 5.41) is 23.3. The van der Waals surface area contributed by atoms with E-state index in [1.807, 2.05) is 9.36 Å². The minimum Gasteiger partial charge on any atom is -0.334 e. The number of hydrogen-bond acceptors (Lipinski definition) is 4. The molecule has 1 unspecified atom stereocenters. The topological polar surface area (TPSA) is 71.3 Å². The highest BCUT2D eigenvalue weighted by atomic mass is 15.5. The highest BCUT2D eigenvalue weighted by Crippen LogP contribution is 2.30. The van der Waals surface area contributed by atoms with Crippen LogP contribution in [-0.4, -0.2) is 39.1 Å². The molecule has 0 saturated carbocycles. The summed E-state index contributed by atoms with van der Waals surface area (Å²) in [6.45, 7) is 4.22. The Morgan fingerprint density at radius 2 is 1.00 bits per heavy atom. The monoisotopic (exact) mass is 564 g/mol. The van der Waals surface area contributed by atoms with Crippen molar-refractivity contribution >= 4 is 43.6 Å². The molecule has 0 aliphatic rings. The summed E-state index contributed by atoms with van der Waals surface area (Å²) in [4.78, 5) is 0. The molecule has 43 heavy (non-hydrogen) atoms. The number of aromatic nitrogens is 8. The van der Waals surface area contributed by atoms with Gasteiger partial charge in [-0.25, -0.2) is 4.68 Å². The fourth-order valence-corrected chi connectivity index (χ4v) is 6.59. The lowest BCUT2D eigenvalue weighted by Gasteiger charge is -2.15. The number of benzene rings is 4. The Labute approximate surface area is 248 Å². The van der Waals surface area contributed by atoms with Crippen LogP contribution in [0.4, 0.5) is 0 Å². The van der Waals surface area contributed by atoms with Crippen molar-refractivity contribution in [1.82, 2.24) is 39.1 Å². The van der Waals surface area contributed by atoms with Crippen molar-refractivity contribution in [3.05, 3.63) is 121 Å². The second kappa shape index (κ2) is 10.5. The van der Waals surface area contributed by atoms with Crippen LogP contribution in [0.1, 0.15) is 37.2 Å². The highest BCUT2D eigenvalue weighted by Gasteiger charge is 2.18. The van der Waals surface area contributed by atoms with Crippen LogP contribution in [-0.2, 0) is 19.6 Å². The zero-order valence-corrected chi connectivity index (χ0v) is 24.1. The number of nitrogens with zero attached hydrogens (tertiary/aromatic N) is 8. The van der Waals surface area contributed by atoms with E-state index in [1.165, 1.54) is 43.6 Å². The van der Waals surface area contributed by atoms with Crippen molar-refractivity contribution < 1.29 is 0 Å². The molecule has 0 amide bonds. The average molecular weight is 565 g/mol. The fraction of sp³-hybridized carbons (Fsp3) is 0.200. The normalized spacial score (nSPS) is 12.7. The van der Waals surface area contributed by atoms with Gasteiger partial charge in [0.1, 0.15) is 11.4 Å². The Bertz CT molecular complexity index is 2110. The van der Waals surface area contributed by atoms with Crippen molar-refractivity contribution in [1.29, 1.82) is 0 Å². The van der Waals surface area contributed by atoms with Crippen LogP contribution in [0.15, 0.2) is 109 Å². The van der Waals surface area contributed by atoms with E-state index in [0.717, 1.165) is 24.2 Å². The maximum atomic E-state index is 4.61. The van der Waals surface area contributed by atoms with E-state index in [-0.39, 0.29) is 6.04 Å². The van der Waals surface area contributed by atoms with Crippen LogP contribution in [0.2, 0.25) is 0 Å². The maximum absolute atomic E-state index is 4.61. The number of fused-ring (bicyclic) bond motifs is 6. The molecule has 0 bridgehead atoms. The minimum absolute atomic E-state index is 0.132. The lowest BCUT2D eigenvalue weighted by atomic mass is 10.1. The van der Waals surface area contributed by atoms with Gasteiger partial charge in [-0.1, -0.05) is 96.6 Å². The van der Waals surface area contributed by atoms with Gasteiger partial charge >= 0.3 is 0 Å². The van der Waals surface area contributed by atoms with Gasteiger partial charge in [0, 0.05) is 43.6 Å². The molecule has 0 aliphatic heterocycles. The van der Waals surface area contributed by atoms with Crippen molar-refractivity contribution in [3.8, 4) is 0 Å². The van der Waals surface area contributed by atoms with Gasteiger partial charge in [-0.15, -0.1) is 10.2 Å². The molecule has 0 aliphatic carbocycles. The van der Waals surface area contributed by atoms with E-state index in [9.17, 15) is 0 Å². The Balaban J connectivity index is 1.05. The van der Waals surface area contributed by atoms with Crippen LogP contribution in [0.3, 0.4) is 0 Å². The molecule has 8 aromatic rings. The van der Waals surface area contributed by atoms with Gasteiger partial charge in [0.15, 0.2) is 0 Å². The van der Waals surface area contributed by atoms with Gasteiger partial charge in [-0.2, -0.15) is 0 Å². The van der Waals surface area contributed by atoms with E-state index in [0.29, 0.717) is 19.6 Å². The third kappa shape index (κ3) is 4.46. The summed E-state index contributed by atoms with van der Waals surface area (Å²) in [6, 6.07) is 34.4. The van der Waals surface area contributed by atoms with E-state index < -0.39 is 0 Å². The average Bonchev–Trinajstić information content (AvgIpc) is 3.83. The molecule has 0 radical (unpaired) electrons. The molecule has 0 saturated heterocycles. The number of hydrogen-bond donors (Lipinski definition) is 0. The molecular formula is C35H32N8. The first-order valence-corrected chi connectivity index (χ1v) is 15.0. The van der Waals surface area contributed by atoms with E-state index >= 15 is 0 Å².